The molecule has 0 unspecified atom stereocenters. The highest BCUT2D eigenvalue weighted by Gasteiger charge is 2.56. The quantitative estimate of drug-likeness (QED) is 0.612. The van der Waals surface area contributed by atoms with Crippen LogP contribution in [0.25, 0.3) is 0 Å². The van der Waals surface area contributed by atoms with Crippen molar-refractivity contribution in [3.05, 3.63) is 58.9 Å². The van der Waals surface area contributed by atoms with E-state index in [9.17, 15) is 18.8 Å². The number of rotatable bonds is 5. The highest BCUT2D eigenvalue weighted by molar-refractivity contribution is 6.31. The molecule has 0 radical (unpaired) electrons. The Kier molecular flexibility index (Phi) is 4.78. The lowest BCUT2D eigenvalue weighted by molar-refractivity contribution is -0.131. The van der Waals surface area contributed by atoms with E-state index in [0.717, 1.165) is 6.07 Å². The van der Waals surface area contributed by atoms with Gasteiger partial charge >= 0.3 is 0 Å². The summed E-state index contributed by atoms with van der Waals surface area (Å²) in [6.45, 7) is 1.46. The van der Waals surface area contributed by atoms with E-state index in [4.69, 9.17) is 11.6 Å². The lowest BCUT2D eigenvalue weighted by Gasteiger charge is -2.16. The Bertz CT molecular complexity index is 892. The van der Waals surface area contributed by atoms with Gasteiger partial charge in [0.1, 0.15) is 11.2 Å². The Morgan fingerprint density at radius 3 is 2.00 bits per heavy atom. The number of carbonyl (C=O) groups excluding carboxylic acids is 3. The molecule has 0 bridgehead atoms. The zero-order valence-corrected chi connectivity index (χ0v) is 14.7. The van der Waals surface area contributed by atoms with Gasteiger partial charge < -0.3 is 10.6 Å². The summed E-state index contributed by atoms with van der Waals surface area (Å²) >= 11 is 5.70. The average Bonchev–Trinajstić information content (AvgIpc) is 3.40. The first-order valence-corrected chi connectivity index (χ1v) is 8.38. The summed E-state index contributed by atoms with van der Waals surface area (Å²) in [7, 11) is 0. The summed E-state index contributed by atoms with van der Waals surface area (Å²) < 4.78 is 13.2. The second kappa shape index (κ2) is 6.88. The molecule has 2 amide bonds. The fourth-order valence-corrected chi connectivity index (χ4v) is 2.73. The minimum atomic E-state index is -1.15. The van der Waals surface area contributed by atoms with Crippen LogP contribution in [0.1, 0.15) is 30.1 Å². The summed E-state index contributed by atoms with van der Waals surface area (Å²) in [6, 6.07) is 10.3. The molecule has 1 aliphatic rings. The van der Waals surface area contributed by atoms with Gasteiger partial charge in [0, 0.05) is 16.9 Å². The number of hydrogen-bond acceptors (Lipinski definition) is 3. The monoisotopic (exact) mass is 374 g/mol. The number of anilines is 2. The molecule has 134 valence electrons. The number of benzene rings is 2. The Labute approximate surface area is 154 Å². The van der Waals surface area contributed by atoms with Crippen LogP contribution in [-0.4, -0.2) is 17.6 Å². The summed E-state index contributed by atoms with van der Waals surface area (Å²) in [5, 5.41) is 5.20. The summed E-state index contributed by atoms with van der Waals surface area (Å²) in [6.07, 6.45) is 0.843. The molecule has 0 aromatic heterocycles. The van der Waals surface area contributed by atoms with Crippen LogP contribution in [0.15, 0.2) is 42.5 Å². The van der Waals surface area contributed by atoms with E-state index >= 15 is 0 Å². The highest BCUT2D eigenvalue weighted by atomic mass is 35.5. The molecule has 3 rings (SSSR count). The van der Waals surface area contributed by atoms with Gasteiger partial charge in [-0.15, -0.1) is 0 Å². The maximum absolute atomic E-state index is 13.2. The molecule has 26 heavy (non-hydrogen) atoms. The van der Waals surface area contributed by atoms with Crippen molar-refractivity contribution in [2.75, 3.05) is 10.6 Å². The van der Waals surface area contributed by atoms with Crippen LogP contribution in [0.3, 0.4) is 0 Å². The van der Waals surface area contributed by atoms with Crippen molar-refractivity contribution < 1.29 is 18.8 Å². The minimum absolute atomic E-state index is 0.0705. The molecule has 0 atom stereocenters. The van der Waals surface area contributed by atoms with Gasteiger partial charge in [0.25, 0.3) is 0 Å². The van der Waals surface area contributed by atoms with Crippen LogP contribution in [0.5, 0.6) is 0 Å². The van der Waals surface area contributed by atoms with Crippen molar-refractivity contribution in [2.24, 2.45) is 5.41 Å². The maximum Gasteiger partial charge on any atom is 0.240 e. The third kappa shape index (κ3) is 3.60. The van der Waals surface area contributed by atoms with Crippen LogP contribution in [0.2, 0.25) is 5.02 Å². The van der Waals surface area contributed by atoms with Gasteiger partial charge in [0.2, 0.25) is 11.8 Å². The van der Waals surface area contributed by atoms with E-state index in [-0.39, 0.29) is 10.8 Å². The van der Waals surface area contributed by atoms with Crippen LogP contribution in [0.4, 0.5) is 15.8 Å². The van der Waals surface area contributed by atoms with Crippen molar-refractivity contribution in [1.29, 1.82) is 0 Å². The molecule has 1 aliphatic carbocycles. The molecule has 2 aromatic rings. The first-order chi connectivity index (χ1) is 12.3. The van der Waals surface area contributed by atoms with Gasteiger partial charge in [0.05, 0.1) is 5.02 Å². The number of amides is 2. The van der Waals surface area contributed by atoms with Gasteiger partial charge in [0.15, 0.2) is 5.78 Å². The number of ketones is 1. The molecule has 0 heterocycles. The van der Waals surface area contributed by atoms with E-state index in [1.54, 1.807) is 24.3 Å². The summed E-state index contributed by atoms with van der Waals surface area (Å²) in [4.78, 5) is 36.3. The zero-order chi connectivity index (χ0) is 18.9. The predicted octanol–water partition coefficient (Wildman–Crippen LogP) is 4.04. The zero-order valence-electron chi connectivity index (χ0n) is 13.9. The van der Waals surface area contributed by atoms with Crippen LogP contribution >= 0.6 is 11.6 Å². The van der Waals surface area contributed by atoms with Crippen LogP contribution < -0.4 is 10.6 Å². The second-order valence-electron chi connectivity index (χ2n) is 6.25. The van der Waals surface area contributed by atoms with Crippen molar-refractivity contribution in [2.45, 2.75) is 19.8 Å². The number of hydrogen-bond donors (Lipinski definition) is 2. The van der Waals surface area contributed by atoms with Crippen molar-refractivity contribution in [3.8, 4) is 0 Å². The van der Waals surface area contributed by atoms with E-state index < -0.39 is 23.0 Å². The fraction of sp³-hybridized carbons (Fsp3) is 0.211. The van der Waals surface area contributed by atoms with E-state index in [0.29, 0.717) is 29.8 Å². The summed E-state index contributed by atoms with van der Waals surface area (Å²) in [5.74, 6) is -1.53. The van der Waals surface area contributed by atoms with Gasteiger partial charge in [-0.2, -0.15) is 0 Å². The SMILES string of the molecule is CC(=O)c1ccc(NC(=O)C2(C(=O)Nc3ccc(F)c(Cl)c3)CC2)cc1. The van der Waals surface area contributed by atoms with Crippen molar-refractivity contribution in [1.82, 2.24) is 0 Å². The number of carbonyl (C=O) groups is 3. The molecular weight excluding hydrogens is 359 g/mol. The molecule has 7 heteroatoms. The molecule has 1 saturated carbocycles. The molecule has 0 spiro atoms. The Hall–Kier alpha value is -2.73. The minimum Gasteiger partial charge on any atom is -0.325 e. The Morgan fingerprint density at radius 2 is 1.50 bits per heavy atom. The highest BCUT2D eigenvalue weighted by Crippen LogP contribution is 2.47. The van der Waals surface area contributed by atoms with Gasteiger partial charge in [-0.25, -0.2) is 4.39 Å². The van der Waals surface area contributed by atoms with Gasteiger partial charge in [-0.3, -0.25) is 14.4 Å². The standard InChI is InChI=1S/C19H16ClFN2O3/c1-11(24)12-2-4-13(5-3-12)22-17(25)19(8-9-19)18(26)23-14-6-7-16(21)15(20)10-14/h2-7,10H,8-9H2,1H3,(H,22,25)(H,23,26). The van der Waals surface area contributed by atoms with Crippen molar-refractivity contribution in [3.63, 3.8) is 0 Å². The van der Waals surface area contributed by atoms with Gasteiger partial charge in [-0.05, 0) is 62.2 Å². The predicted molar refractivity (Wildman–Crippen MR) is 96.8 cm³/mol. The first kappa shape index (κ1) is 18.1. The normalized spacial score (nSPS) is 14.4. The third-order valence-electron chi connectivity index (χ3n) is 4.35. The van der Waals surface area contributed by atoms with E-state index in [1.807, 2.05) is 0 Å². The van der Waals surface area contributed by atoms with Crippen molar-refractivity contribution >= 4 is 40.6 Å². The fourth-order valence-electron chi connectivity index (χ4n) is 2.55. The van der Waals surface area contributed by atoms with Crippen LogP contribution in [0, 0.1) is 11.2 Å². The molecule has 5 nitrogen and oxygen atoms in total. The molecule has 2 aromatic carbocycles. The Morgan fingerprint density at radius 1 is 0.962 bits per heavy atom. The smallest absolute Gasteiger partial charge is 0.240 e. The van der Waals surface area contributed by atoms with E-state index in [2.05, 4.69) is 10.6 Å². The molecule has 0 aliphatic heterocycles. The second-order valence-corrected chi connectivity index (χ2v) is 6.66. The Balaban J connectivity index is 1.69. The topological polar surface area (TPSA) is 75.3 Å². The lowest BCUT2D eigenvalue weighted by Crippen LogP contribution is -2.35. The average molecular weight is 375 g/mol. The molecule has 0 saturated heterocycles. The van der Waals surface area contributed by atoms with Crippen LogP contribution in [-0.2, 0) is 9.59 Å². The molecule has 2 N–H and O–H groups in total. The van der Waals surface area contributed by atoms with E-state index in [1.165, 1.54) is 19.1 Å². The molecule has 1 fully saturated rings. The number of halogens is 2. The summed E-state index contributed by atoms with van der Waals surface area (Å²) in [5.41, 5.74) is 0.213. The third-order valence-corrected chi connectivity index (χ3v) is 4.64. The first-order valence-electron chi connectivity index (χ1n) is 8.01. The largest absolute Gasteiger partial charge is 0.325 e. The number of Topliss-reactive ketones (excluding diaryl/α,β-unsaturated/α-hetero) is 1. The van der Waals surface area contributed by atoms with Gasteiger partial charge in [-0.1, -0.05) is 11.6 Å². The number of nitrogens with one attached hydrogen (secondary N) is 2. The maximum atomic E-state index is 13.2. The lowest BCUT2D eigenvalue weighted by atomic mass is 10.0. The molecular formula is C19H16ClFN2O3.